The summed E-state index contributed by atoms with van der Waals surface area (Å²) in [6.45, 7) is 3.29. The quantitative estimate of drug-likeness (QED) is 0.207. The molecule has 0 spiro atoms. The summed E-state index contributed by atoms with van der Waals surface area (Å²) >= 11 is 0. The number of rotatable bonds is 16. The van der Waals surface area contributed by atoms with Gasteiger partial charge in [-0.2, -0.15) is 0 Å². The Morgan fingerprint density at radius 1 is 0.800 bits per heavy atom. The molecule has 0 saturated carbocycles. The van der Waals surface area contributed by atoms with Gasteiger partial charge in [0.15, 0.2) is 0 Å². The van der Waals surface area contributed by atoms with Gasteiger partial charge in [-0.15, -0.1) is 0 Å². The lowest BCUT2D eigenvalue weighted by atomic mass is 9.87. The predicted molar refractivity (Wildman–Crippen MR) is 163 cm³/mol. The maximum absolute atomic E-state index is 16.1. The van der Waals surface area contributed by atoms with Crippen LogP contribution in [0.5, 0.6) is 0 Å². The highest BCUT2D eigenvalue weighted by Gasteiger charge is 2.56. The zero-order chi connectivity index (χ0) is 32.1. The Kier molecular flexibility index (Phi) is 13.0. The molecule has 1 fully saturated rings. The molecule has 10 heteroatoms. The third kappa shape index (κ3) is 10.4. The van der Waals surface area contributed by atoms with Crippen LogP contribution >= 0.6 is 0 Å². The number of carbonyl (C=O) groups excluding carboxylic acids is 2. The van der Waals surface area contributed by atoms with Gasteiger partial charge in [0, 0.05) is 13.3 Å². The summed E-state index contributed by atoms with van der Waals surface area (Å²) in [6, 6.07) is 26.8. The second-order valence-corrected chi connectivity index (χ2v) is 10.9. The van der Waals surface area contributed by atoms with Crippen LogP contribution in [-0.2, 0) is 53.1 Å². The first-order valence-electron chi connectivity index (χ1n) is 15.2. The van der Waals surface area contributed by atoms with Crippen LogP contribution in [0.25, 0.3) is 0 Å². The first-order chi connectivity index (χ1) is 21.8. The number of amides is 1. The minimum Gasteiger partial charge on any atom is -0.466 e. The van der Waals surface area contributed by atoms with Gasteiger partial charge < -0.3 is 29.0 Å². The van der Waals surface area contributed by atoms with Gasteiger partial charge in [-0.05, 0) is 23.6 Å². The Bertz CT molecular complexity index is 1310. The van der Waals surface area contributed by atoms with E-state index in [1.165, 1.54) is 6.92 Å². The van der Waals surface area contributed by atoms with E-state index in [9.17, 15) is 9.59 Å². The van der Waals surface area contributed by atoms with Crippen LogP contribution in [0.1, 0.15) is 43.4 Å². The molecule has 1 saturated heterocycles. The molecular formula is C35H41F2NO7. The number of benzene rings is 3. The van der Waals surface area contributed by atoms with Gasteiger partial charge in [0.1, 0.15) is 24.4 Å². The zero-order valence-electron chi connectivity index (χ0n) is 25.6. The third-order valence-electron chi connectivity index (χ3n) is 7.41. The standard InChI is InChI=1S/C35H41F2NO7/c1-3-42-30(40)19-20-35(36,37)34-31(38-25(2)39)33(44-23-28-17-11-6-12-18-28)32(43-22-27-15-9-5-10-16-27)29(45-34)24-41-21-26-13-7-4-8-14-26/h4-18,29,31-34H,3,19-24H2,1-2H3,(H,38,39)/t29-,31-,32+,33-,34+/m1/s1. The average molecular weight is 626 g/mol. The molecule has 1 aliphatic heterocycles. The van der Waals surface area contributed by atoms with Crippen LogP contribution in [0.3, 0.4) is 0 Å². The summed E-state index contributed by atoms with van der Waals surface area (Å²) in [5, 5.41) is 2.66. The van der Waals surface area contributed by atoms with Crippen molar-refractivity contribution in [2.24, 2.45) is 0 Å². The Morgan fingerprint density at radius 3 is 1.82 bits per heavy atom. The number of nitrogens with one attached hydrogen (secondary N) is 1. The van der Waals surface area contributed by atoms with Crippen molar-refractivity contribution in [3.8, 4) is 0 Å². The Balaban J connectivity index is 1.66. The average Bonchev–Trinajstić information content (AvgIpc) is 3.04. The molecule has 0 unspecified atom stereocenters. The molecule has 0 aromatic heterocycles. The molecule has 1 aliphatic rings. The molecule has 5 atom stereocenters. The summed E-state index contributed by atoms with van der Waals surface area (Å²) in [5.41, 5.74) is 2.58. The van der Waals surface area contributed by atoms with E-state index < -0.39 is 61.1 Å². The van der Waals surface area contributed by atoms with Gasteiger partial charge in [-0.1, -0.05) is 91.0 Å². The van der Waals surface area contributed by atoms with E-state index in [1.807, 2.05) is 91.0 Å². The molecule has 0 bridgehead atoms. The van der Waals surface area contributed by atoms with Crippen LogP contribution in [0.15, 0.2) is 91.0 Å². The van der Waals surface area contributed by atoms with E-state index in [1.54, 1.807) is 6.92 Å². The fraction of sp³-hybridized carbons (Fsp3) is 0.429. The third-order valence-corrected chi connectivity index (χ3v) is 7.41. The molecule has 1 heterocycles. The van der Waals surface area contributed by atoms with Crippen LogP contribution in [0.4, 0.5) is 8.78 Å². The van der Waals surface area contributed by atoms with E-state index in [2.05, 4.69) is 5.32 Å². The number of carbonyl (C=O) groups is 2. The summed E-state index contributed by atoms with van der Waals surface area (Å²) in [6.07, 6.45) is -6.17. The van der Waals surface area contributed by atoms with Crippen LogP contribution in [-0.4, -0.2) is 61.5 Å². The van der Waals surface area contributed by atoms with Crippen molar-refractivity contribution in [2.45, 2.75) is 82.9 Å². The van der Waals surface area contributed by atoms with Crippen LogP contribution < -0.4 is 5.32 Å². The molecule has 3 aromatic carbocycles. The molecule has 45 heavy (non-hydrogen) atoms. The topological polar surface area (TPSA) is 92.3 Å². The maximum atomic E-state index is 16.1. The highest BCUT2D eigenvalue weighted by atomic mass is 19.3. The first kappa shape index (κ1) is 34.2. The van der Waals surface area contributed by atoms with Gasteiger partial charge in [0.2, 0.25) is 5.91 Å². The van der Waals surface area contributed by atoms with Crippen molar-refractivity contribution in [1.29, 1.82) is 0 Å². The molecule has 0 radical (unpaired) electrons. The number of halogens is 2. The number of hydrogen-bond donors (Lipinski definition) is 1. The molecule has 4 rings (SSSR count). The lowest BCUT2D eigenvalue weighted by molar-refractivity contribution is -0.274. The molecule has 3 aromatic rings. The van der Waals surface area contributed by atoms with Crippen molar-refractivity contribution < 1.29 is 42.1 Å². The van der Waals surface area contributed by atoms with Crippen molar-refractivity contribution in [1.82, 2.24) is 5.32 Å². The lowest BCUT2D eigenvalue weighted by Crippen LogP contribution is -2.69. The minimum absolute atomic E-state index is 0.0749. The minimum atomic E-state index is -3.55. The smallest absolute Gasteiger partial charge is 0.305 e. The highest BCUT2D eigenvalue weighted by Crippen LogP contribution is 2.38. The number of ether oxygens (including phenoxy) is 5. The second-order valence-electron chi connectivity index (χ2n) is 10.9. The van der Waals surface area contributed by atoms with Gasteiger partial charge in [-0.25, -0.2) is 8.78 Å². The summed E-state index contributed by atoms with van der Waals surface area (Å²) in [4.78, 5) is 24.5. The van der Waals surface area contributed by atoms with E-state index in [-0.39, 0.29) is 33.0 Å². The number of esters is 1. The molecule has 1 amide bonds. The van der Waals surface area contributed by atoms with E-state index >= 15 is 8.78 Å². The van der Waals surface area contributed by atoms with Crippen molar-refractivity contribution in [3.05, 3.63) is 108 Å². The monoisotopic (exact) mass is 625 g/mol. The first-order valence-corrected chi connectivity index (χ1v) is 15.2. The normalized spacial score (nSPS) is 21.6. The molecular weight excluding hydrogens is 584 g/mol. The Morgan fingerprint density at radius 2 is 1.31 bits per heavy atom. The van der Waals surface area contributed by atoms with E-state index in [4.69, 9.17) is 23.7 Å². The van der Waals surface area contributed by atoms with E-state index in [0.717, 1.165) is 16.7 Å². The van der Waals surface area contributed by atoms with Crippen molar-refractivity contribution >= 4 is 11.9 Å². The number of alkyl halides is 2. The van der Waals surface area contributed by atoms with Gasteiger partial charge in [-0.3, -0.25) is 9.59 Å². The molecule has 1 N–H and O–H groups in total. The van der Waals surface area contributed by atoms with Gasteiger partial charge >= 0.3 is 5.97 Å². The van der Waals surface area contributed by atoms with Gasteiger partial charge in [0.25, 0.3) is 5.92 Å². The summed E-state index contributed by atoms with van der Waals surface area (Å²) < 4.78 is 61.9. The largest absolute Gasteiger partial charge is 0.466 e. The fourth-order valence-corrected chi connectivity index (χ4v) is 5.27. The second kappa shape index (κ2) is 17.1. The molecule has 0 aliphatic carbocycles. The van der Waals surface area contributed by atoms with Crippen LogP contribution in [0, 0.1) is 0 Å². The fourth-order valence-electron chi connectivity index (χ4n) is 5.27. The summed E-state index contributed by atoms with van der Waals surface area (Å²) in [7, 11) is 0. The van der Waals surface area contributed by atoms with Crippen LogP contribution in [0.2, 0.25) is 0 Å². The summed E-state index contributed by atoms with van der Waals surface area (Å²) in [5.74, 6) is -4.83. The number of hydrogen-bond acceptors (Lipinski definition) is 7. The molecule has 242 valence electrons. The predicted octanol–water partition coefficient (Wildman–Crippen LogP) is 5.62. The van der Waals surface area contributed by atoms with E-state index in [0.29, 0.717) is 0 Å². The maximum Gasteiger partial charge on any atom is 0.305 e. The molecule has 8 nitrogen and oxygen atoms in total. The van der Waals surface area contributed by atoms with Gasteiger partial charge in [0.05, 0.1) is 45.5 Å². The zero-order valence-corrected chi connectivity index (χ0v) is 25.6. The SMILES string of the molecule is CCOC(=O)CCC(F)(F)[C@H]1O[C@H](COCc2ccccc2)[C@H](OCc2ccccc2)[C@H](OCc2ccccc2)[C@H]1NC(C)=O. The lowest BCUT2D eigenvalue weighted by Gasteiger charge is -2.48. The highest BCUT2D eigenvalue weighted by molar-refractivity contribution is 5.73. The van der Waals surface area contributed by atoms with Crippen molar-refractivity contribution in [2.75, 3.05) is 13.2 Å². The van der Waals surface area contributed by atoms with Crippen molar-refractivity contribution in [3.63, 3.8) is 0 Å². The Hall–Kier alpha value is -3.70. The Labute approximate surface area is 263 Å².